The van der Waals surface area contributed by atoms with E-state index in [1.54, 1.807) is 35.6 Å². The molecule has 4 rings (SSSR count). The van der Waals surface area contributed by atoms with Crippen molar-refractivity contribution in [1.82, 2.24) is 14.5 Å². The normalized spacial score (nSPS) is 15.0. The first kappa shape index (κ1) is 23.6. The number of ether oxygens (including phenoxy) is 2. The maximum absolute atomic E-state index is 12.9. The van der Waals surface area contributed by atoms with E-state index < -0.39 is 0 Å². The average Bonchev–Trinajstić information content (AvgIpc) is 3.34. The highest BCUT2D eigenvalue weighted by atomic mass is 35.5. The van der Waals surface area contributed by atoms with Crippen LogP contribution >= 0.6 is 11.6 Å². The summed E-state index contributed by atoms with van der Waals surface area (Å²) in [5, 5.41) is 3.31. The number of aromatic nitrogens is 2. The molecule has 1 N–H and O–H groups in total. The van der Waals surface area contributed by atoms with Gasteiger partial charge in [-0.3, -0.25) is 9.59 Å². The first-order valence-corrected chi connectivity index (χ1v) is 11.7. The van der Waals surface area contributed by atoms with Crippen LogP contribution in [0.2, 0.25) is 5.02 Å². The first-order valence-electron chi connectivity index (χ1n) is 11.3. The molecule has 1 aliphatic rings. The maximum Gasteiger partial charge on any atom is 0.244 e. The van der Waals surface area contributed by atoms with Gasteiger partial charge < -0.3 is 24.3 Å². The summed E-state index contributed by atoms with van der Waals surface area (Å²) in [6.45, 7) is 1.47. The lowest BCUT2D eigenvalue weighted by atomic mass is 10.2. The molecule has 0 spiro atoms. The minimum atomic E-state index is -0.317. The van der Waals surface area contributed by atoms with Crippen molar-refractivity contribution in [1.29, 1.82) is 0 Å². The van der Waals surface area contributed by atoms with Crippen LogP contribution < -0.4 is 14.8 Å². The summed E-state index contributed by atoms with van der Waals surface area (Å²) < 4.78 is 13.9. The topological polar surface area (TPSA) is 85.7 Å². The van der Waals surface area contributed by atoms with E-state index in [9.17, 15) is 9.59 Å². The van der Waals surface area contributed by atoms with Crippen LogP contribution in [0.3, 0.4) is 0 Å². The second-order valence-corrected chi connectivity index (χ2v) is 8.45. The summed E-state index contributed by atoms with van der Waals surface area (Å²) in [5.74, 6) is 1.20. The number of anilines is 1. The van der Waals surface area contributed by atoms with Gasteiger partial charge in [0.15, 0.2) is 17.2 Å². The Hall–Kier alpha value is -3.52. The van der Waals surface area contributed by atoms with Gasteiger partial charge in [0.05, 0.1) is 25.2 Å². The average molecular weight is 483 g/mol. The largest absolute Gasteiger partial charge is 0.490 e. The van der Waals surface area contributed by atoms with Crippen molar-refractivity contribution in [2.75, 3.05) is 25.0 Å². The van der Waals surface area contributed by atoms with E-state index in [4.69, 9.17) is 21.1 Å². The lowest BCUT2D eigenvalue weighted by Crippen LogP contribution is -2.39. The van der Waals surface area contributed by atoms with Crippen molar-refractivity contribution >= 4 is 29.1 Å². The highest BCUT2D eigenvalue weighted by Crippen LogP contribution is 2.36. The quantitative estimate of drug-likeness (QED) is 0.582. The van der Waals surface area contributed by atoms with Crippen LogP contribution in [0.25, 0.3) is 0 Å². The van der Waals surface area contributed by atoms with E-state index in [0.29, 0.717) is 47.7 Å². The molecule has 0 unspecified atom stereocenters. The van der Waals surface area contributed by atoms with Crippen molar-refractivity contribution in [2.24, 2.45) is 0 Å². The zero-order chi connectivity index (χ0) is 23.8. The Kier molecular flexibility index (Phi) is 8.04. The molecule has 178 valence electrons. The lowest BCUT2D eigenvalue weighted by Gasteiger charge is -2.23. The molecule has 8 nitrogen and oxygen atoms in total. The summed E-state index contributed by atoms with van der Waals surface area (Å²) in [4.78, 5) is 31.5. The second kappa shape index (κ2) is 11.6. The fourth-order valence-electron chi connectivity index (χ4n) is 3.68. The summed E-state index contributed by atoms with van der Waals surface area (Å²) >= 11 is 6.19. The Morgan fingerprint density at radius 3 is 2.76 bits per heavy atom. The van der Waals surface area contributed by atoms with Crippen LogP contribution in [-0.4, -0.2) is 46.0 Å². The van der Waals surface area contributed by atoms with E-state index in [0.717, 1.165) is 19.3 Å². The molecular formula is C25H27ClN4O4. The van der Waals surface area contributed by atoms with Gasteiger partial charge in [-0.15, -0.1) is 0 Å². The number of rotatable bonds is 3. The number of benzene rings is 2. The first-order chi connectivity index (χ1) is 16.6. The molecule has 9 heteroatoms. The molecule has 2 amide bonds. The molecule has 34 heavy (non-hydrogen) atoms. The smallest absolute Gasteiger partial charge is 0.244 e. The van der Waals surface area contributed by atoms with Crippen LogP contribution in [0.15, 0.2) is 61.2 Å². The minimum absolute atomic E-state index is 0.0538. The van der Waals surface area contributed by atoms with Crippen molar-refractivity contribution < 1.29 is 19.1 Å². The van der Waals surface area contributed by atoms with Gasteiger partial charge in [0, 0.05) is 36.9 Å². The Morgan fingerprint density at radius 1 is 1.09 bits per heavy atom. The molecule has 2 heterocycles. The maximum atomic E-state index is 12.9. The second-order valence-electron chi connectivity index (χ2n) is 8.01. The van der Waals surface area contributed by atoms with Crippen molar-refractivity contribution in [3.05, 3.63) is 66.2 Å². The Morgan fingerprint density at radius 2 is 1.94 bits per heavy atom. The monoisotopic (exact) mass is 482 g/mol. The van der Waals surface area contributed by atoms with Crippen LogP contribution in [0.5, 0.6) is 17.2 Å². The number of fused-ring (bicyclic) bond motifs is 2. The lowest BCUT2D eigenvalue weighted by molar-refractivity contribution is -0.135. The molecule has 3 aromatic rings. The molecule has 0 radical (unpaired) electrons. The zero-order valence-corrected chi connectivity index (χ0v) is 19.5. The standard InChI is InChI=1S/C25H27ClN4O4/c26-19-8-9-21-20(16-19)28-24(31)17-30(25(32)10-13-29-14-11-27-18-29)12-4-1-5-15-33-22-6-2-3-7-23(22)34-21/h2-3,6-9,11,14,16,18H,1,4-5,10,12-13,15,17H2,(H,28,31). The number of nitrogens with one attached hydrogen (secondary N) is 1. The van der Waals surface area contributed by atoms with Crippen LogP contribution in [0.1, 0.15) is 25.7 Å². The van der Waals surface area contributed by atoms with Gasteiger partial charge in [0.1, 0.15) is 0 Å². The van der Waals surface area contributed by atoms with Gasteiger partial charge in [-0.1, -0.05) is 23.7 Å². The predicted molar refractivity (Wildman–Crippen MR) is 129 cm³/mol. The number of para-hydroxylation sites is 2. The molecule has 2 aromatic carbocycles. The number of hydrogen-bond acceptors (Lipinski definition) is 5. The third-order valence-electron chi connectivity index (χ3n) is 5.44. The summed E-state index contributed by atoms with van der Waals surface area (Å²) in [6.07, 6.45) is 7.90. The van der Waals surface area contributed by atoms with Crippen LogP contribution in [-0.2, 0) is 16.1 Å². The SMILES string of the molecule is O=C1CN(C(=O)CCn2ccnc2)CCCCCOc2ccccc2Oc2ccc(Cl)cc2N1. The van der Waals surface area contributed by atoms with Gasteiger partial charge >= 0.3 is 0 Å². The third-order valence-corrected chi connectivity index (χ3v) is 5.68. The number of halogens is 1. The molecule has 0 saturated heterocycles. The van der Waals surface area contributed by atoms with Crippen LogP contribution in [0, 0.1) is 0 Å². The Balaban J connectivity index is 1.53. The fraction of sp³-hybridized carbons (Fsp3) is 0.320. The number of hydrogen-bond donors (Lipinski definition) is 1. The molecular weight excluding hydrogens is 456 g/mol. The fourth-order valence-corrected chi connectivity index (χ4v) is 3.85. The van der Waals surface area contributed by atoms with E-state index in [1.165, 1.54) is 0 Å². The van der Waals surface area contributed by atoms with E-state index >= 15 is 0 Å². The predicted octanol–water partition coefficient (Wildman–Crippen LogP) is 4.75. The van der Waals surface area contributed by atoms with Gasteiger partial charge in [-0.05, 0) is 49.6 Å². The number of amides is 2. The molecule has 0 aliphatic carbocycles. The summed E-state index contributed by atoms with van der Waals surface area (Å²) in [7, 11) is 0. The number of aryl methyl sites for hydroxylation is 1. The van der Waals surface area contributed by atoms with Gasteiger partial charge in [0.25, 0.3) is 0 Å². The molecule has 0 fully saturated rings. The molecule has 1 aliphatic heterocycles. The number of nitrogens with zero attached hydrogens (tertiary/aromatic N) is 3. The molecule has 1 aromatic heterocycles. The van der Waals surface area contributed by atoms with Gasteiger partial charge in [-0.25, -0.2) is 4.98 Å². The zero-order valence-electron chi connectivity index (χ0n) is 18.8. The summed E-state index contributed by atoms with van der Waals surface area (Å²) in [5.41, 5.74) is 0.424. The van der Waals surface area contributed by atoms with E-state index in [-0.39, 0.29) is 24.8 Å². The highest BCUT2D eigenvalue weighted by Gasteiger charge is 2.19. The highest BCUT2D eigenvalue weighted by molar-refractivity contribution is 6.31. The van der Waals surface area contributed by atoms with Crippen molar-refractivity contribution in [2.45, 2.75) is 32.2 Å². The van der Waals surface area contributed by atoms with Gasteiger partial charge in [-0.2, -0.15) is 0 Å². The minimum Gasteiger partial charge on any atom is -0.490 e. The van der Waals surface area contributed by atoms with E-state index in [2.05, 4.69) is 10.3 Å². The van der Waals surface area contributed by atoms with E-state index in [1.807, 2.05) is 35.0 Å². The Labute approximate surface area is 203 Å². The summed E-state index contributed by atoms with van der Waals surface area (Å²) in [6, 6.07) is 12.4. The van der Waals surface area contributed by atoms with Crippen LogP contribution in [0.4, 0.5) is 5.69 Å². The number of carbonyl (C=O) groups is 2. The Bertz CT molecular complexity index is 1120. The molecule has 0 atom stereocenters. The van der Waals surface area contributed by atoms with Gasteiger partial charge in [0.2, 0.25) is 11.8 Å². The molecule has 0 bridgehead atoms. The van der Waals surface area contributed by atoms with Crippen molar-refractivity contribution in [3.63, 3.8) is 0 Å². The van der Waals surface area contributed by atoms with Crippen molar-refractivity contribution in [3.8, 4) is 17.2 Å². The number of carbonyl (C=O) groups excluding carboxylic acids is 2. The third kappa shape index (κ3) is 6.51. The number of imidazole rings is 1. The molecule has 0 saturated carbocycles.